The van der Waals surface area contributed by atoms with Crippen molar-refractivity contribution < 1.29 is 18.3 Å². The van der Waals surface area contributed by atoms with Crippen molar-refractivity contribution in [2.24, 2.45) is 10.9 Å². The number of hydrogen-bond donors (Lipinski definition) is 2. The van der Waals surface area contributed by atoms with Crippen LogP contribution in [0.3, 0.4) is 0 Å². The Labute approximate surface area is 188 Å². The van der Waals surface area contributed by atoms with E-state index in [2.05, 4.69) is 15.6 Å². The first kappa shape index (κ1) is 23.5. The highest BCUT2D eigenvalue weighted by Gasteiger charge is 2.16. The minimum absolute atomic E-state index is 0. The molecule has 2 atom stereocenters. The van der Waals surface area contributed by atoms with Gasteiger partial charge >= 0.3 is 0 Å². The highest BCUT2D eigenvalue weighted by atomic mass is 127. The van der Waals surface area contributed by atoms with Crippen LogP contribution in [0.5, 0.6) is 5.75 Å². The molecule has 1 aromatic heterocycles. The Bertz CT molecular complexity index is 719. The van der Waals surface area contributed by atoms with Gasteiger partial charge in [0.2, 0.25) is 0 Å². The lowest BCUT2D eigenvalue weighted by Crippen LogP contribution is -2.41. The summed E-state index contributed by atoms with van der Waals surface area (Å²) in [5.74, 6) is 2.54. The summed E-state index contributed by atoms with van der Waals surface area (Å²) in [6.45, 7) is 5.57. The van der Waals surface area contributed by atoms with Gasteiger partial charge in [0.25, 0.3) is 0 Å². The predicted octanol–water partition coefficient (Wildman–Crippen LogP) is 3.62. The van der Waals surface area contributed by atoms with Crippen molar-refractivity contribution in [1.82, 2.24) is 10.6 Å². The van der Waals surface area contributed by atoms with E-state index in [0.29, 0.717) is 24.8 Å². The maximum Gasteiger partial charge on any atom is 0.191 e. The van der Waals surface area contributed by atoms with E-state index < -0.39 is 0 Å². The maximum atomic E-state index is 13.0. The molecule has 6 nitrogen and oxygen atoms in total. The van der Waals surface area contributed by atoms with Crippen LogP contribution in [0.4, 0.5) is 4.39 Å². The van der Waals surface area contributed by atoms with E-state index >= 15 is 0 Å². The van der Waals surface area contributed by atoms with Crippen LogP contribution < -0.4 is 15.4 Å². The van der Waals surface area contributed by atoms with E-state index in [9.17, 15) is 4.39 Å². The number of rotatable bonds is 9. The van der Waals surface area contributed by atoms with Gasteiger partial charge < -0.3 is 24.5 Å². The van der Waals surface area contributed by atoms with Crippen molar-refractivity contribution >= 4 is 29.9 Å². The fourth-order valence-corrected chi connectivity index (χ4v) is 2.92. The van der Waals surface area contributed by atoms with Gasteiger partial charge in [-0.25, -0.2) is 9.38 Å². The monoisotopic (exact) mass is 517 g/mol. The van der Waals surface area contributed by atoms with Gasteiger partial charge in [-0.1, -0.05) is 0 Å². The summed E-state index contributed by atoms with van der Waals surface area (Å²) in [5.41, 5.74) is 0. The molecule has 160 valence electrons. The number of benzene rings is 1. The molecule has 0 saturated carbocycles. The maximum absolute atomic E-state index is 13.0. The average molecular weight is 517 g/mol. The van der Waals surface area contributed by atoms with Gasteiger partial charge in [-0.2, -0.15) is 0 Å². The topological polar surface area (TPSA) is 68.0 Å². The van der Waals surface area contributed by atoms with E-state index in [1.165, 1.54) is 12.1 Å². The molecule has 2 unspecified atom stereocenters. The number of halogens is 2. The zero-order valence-electron chi connectivity index (χ0n) is 16.6. The molecule has 2 aromatic rings. The molecule has 2 N–H and O–H groups in total. The number of guanidine groups is 1. The van der Waals surface area contributed by atoms with Crippen LogP contribution in [0.1, 0.15) is 19.1 Å². The molecule has 1 aromatic carbocycles. The molecule has 0 radical (unpaired) electrons. The van der Waals surface area contributed by atoms with Crippen molar-refractivity contribution in [3.63, 3.8) is 0 Å². The quantitative estimate of drug-likeness (QED) is 0.302. The molecular weight excluding hydrogens is 488 g/mol. The number of nitrogens with one attached hydrogen (secondary N) is 2. The predicted molar refractivity (Wildman–Crippen MR) is 122 cm³/mol. The molecule has 0 aliphatic carbocycles. The summed E-state index contributed by atoms with van der Waals surface area (Å²) in [5, 5.41) is 6.73. The van der Waals surface area contributed by atoms with Crippen LogP contribution in [-0.2, 0) is 11.2 Å². The number of furan rings is 1. The van der Waals surface area contributed by atoms with Gasteiger partial charge in [-0.3, -0.25) is 0 Å². The van der Waals surface area contributed by atoms with Crippen LogP contribution in [-0.4, -0.2) is 44.9 Å². The first-order valence-electron chi connectivity index (χ1n) is 9.73. The first-order chi connectivity index (χ1) is 13.7. The van der Waals surface area contributed by atoms with Gasteiger partial charge in [0.1, 0.15) is 23.4 Å². The number of ether oxygens (including phenoxy) is 2. The van der Waals surface area contributed by atoms with Gasteiger partial charge in [-0.15, -0.1) is 24.0 Å². The molecule has 3 rings (SSSR count). The number of aliphatic imine (C=N–C) groups is 1. The highest BCUT2D eigenvalue weighted by molar-refractivity contribution is 14.0. The molecule has 29 heavy (non-hydrogen) atoms. The third-order valence-electron chi connectivity index (χ3n) is 4.48. The Balaban J connectivity index is 0.00000300. The van der Waals surface area contributed by atoms with Crippen LogP contribution in [0.25, 0.3) is 0 Å². The average Bonchev–Trinajstić information content (AvgIpc) is 3.39. The summed E-state index contributed by atoms with van der Waals surface area (Å²) >= 11 is 0. The van der Waals surface area contributed by atoms with Gasteiger partial charge in [-0.05, 0) is 49.7 Å². The van der Waals surface area contributed by atoms with E-state index in [-0.39, 0.29) is 35.9 Å². The Morgan fingerprint density at radius 1 is 1.28 bits per heavy atom. The van der Waals surface area contributed by atoms with Crippen molar-refractivity contribution in [2.45, 2.75) is 25.9 Å². The Kier molecular flexibility index (Phi) is 10.3. The molecule has 2 heterocycles. The second-order valence-corrected chi connectivity index (χ2v) is 6.94. The summed E-state index contributed by atoms with van der Waals surface area (Å²) in [6, 6.07) is 9.86. The van der Waals surface area contributed by atoms with Crippen molar-refractivity contribution in [3.8, 4) is 5.75 Å². The van der Waals surface area contributed by atoms with Gasteiger partial charge in [0.15, 0.2) is 5.96 Å². The second-order valence-electron chi connectivity index (χ2n) is 6.94. The third kappa shape index (κ3) is 8.61. The van der Waals surface area contributed by atoms with Crippen LogP contribution in [0.15, 0.2) is 52.1 Å². The van der Waals surface area contributed by atoms with Crippen LogP contribution in [0.2, 0.25) is 0 Å². The number of nitrogens with zero attached hydrogens (tertiary/aromatic N) is 1. The molecule has 1 fully saturated rings. The van der Waals surface area contributed by atoms with Crippen molar-refractivity contribution in [1.29, 1.82) is 0 Å². The highest BCUT2D eigenvalue weighted by Crippen LogP contribution is 2.13. The van der Waals surface area contributed by atoms with E-state index in [1.54, 1.807) is 18.4 Å². The SMILES string of the molecule is CC(CN=C(NCCc1ccco1)NCC1CCOC1)Oc1ccc(F)cc1.I. The van der Waals surface area contributed by atoms with E-state index in [1.807, 2.05) is 19.1 Å². The zero-order valence-corrected chi connectivity index (χ0v) is 18.9. The molecular formula is C21H29FIN3O3. The summed E-state index contributed by atoms with van der Waals surface area (Å²) < 4.78 is 29.6. The van der Waals surface area contributed by atoms with Crippen molar-refractivity contribution in [2.75, 3.05) is 32.8 Å². The fourth-order valence-electron chi connectivity index (χ4n) is 2.92. The normalized spacial score (nSPS) is 17.4. The lowest BCUT2D eigenvalue weighted by Gasteiger charge is -2.17. The molecule has 8 heteroatoms. The zero-order chi connectivity index (χ0) is 19.6. The molecule has 1 aliphatic rings. The minimum atomic E-state index is -0.277. The first-order valence-corrected chi connectivity index (χ1v) is 9.73. The lowest BCUT2D eigenvalue weighted by molar-refractivity contribution is 0.186. The largest absolute Gasteiger partial charge is 0.489 e. The van der Waals surface area contributed by atoms with Crippen LogP contribution in [0, 0.1) is 11.7 Å². The van der Waals surface area contributed by atoms with Crippen LogP contribution >= 0.6 is 24.0 Å². The third-order valence-corrected chi connectivity index (χ3v) is 4.48. The fraction of sp³-hybridized carbons (Fsp3) is 0.476. The molecule has 1 aliphatic heterocycles. The Morgan fingerprint density at radius 3 is 2.79 bits per heavy atom. The summed E-state index contributed by atoms with van der Waals surface area (Å²) in [4.78, 5) is 4.64. The Hall–Kier alpha value is -1.81. The molecule has 0 amide bonds. The minimum Gasteiger partial charge on any atom is -0.489 e. The van der Waals surface area contributed by atoms with Gasteiger partial charge in [0.05, 0.1) is 19.4 Å². The number of hydrogen-bond acceptors (Lipinski definition) is 4. The molecule has 1 saturated heterocycles. The lowest BCUT2D eigenvalue weighted by atomic mass is 10.1. The van der Waals surface area contributed by atoms with E-state index in [4.69, 9.17) is 13.9 Å². The standard InChI is InChI=1S/C21H28FN3O3.HI/c1-16(28-20-6-4-18(22)5-7-20)13-24-21(25-14-17-9-12-26-15-17)23-10-8-19-3-2-11-27-19;/h2-7,11,16-17H,8-10,12-15H2,1H3,(H2,23,24,25);1H. The van der Waals surface area contributed by atoms with E-state index in [0.717, 1.165) is 44.3 Å². The summed E-state index contributed by atoms with van der Waals surface area (Å²) in [7, 11) is 0. The van der Waals surface area contributed by atoms with Crippen molar-refractivity contribution in [3.05, 3.63) is 54.2 Å². The Morgan fingerprint density at radius 2 is 2.10 bits per heavy atom. The van der Waals surface area contributed by atoms with Gasteiger partial charge in [0, 0.05) is 32.0 Å². The molecule has 0 spiro atoms. The summed E-state index contributed by atoms with van der Waals surface area (Å²) in [6.07, 6.45) is 3.39. The smallest absolute Gasteiger partial charge is 0.191 e. The molecule has 0 bridgehead atoms. The second kappa shape index (κ2) is 12.7.